The van der Waals surface area contributed by atoms with Crippen LogP contribution in [-0.2, 0) is 7.05 Å². The van der Waals surface area contributed by atoms with Crippen LogP contribution in [0.3, 0.4) is 0 Å². The summed E-state index contributed by atoms with van der Waals surface area (Å²) in [4.78, 5) is 25.2. The molecular weight excluding hydrogens is 333 g/mol. The molecule has 0 radical (unpaired) electrons. The Morgan fingerprint density at radius 2 is 1.92 bits per heavy atom. The molecule has 4 rings (SSSR count). The number of rotatable bonds is 3. The summed E-state index contributed by atoms with van der Waals surface area (Å²) in [7, 11) is 1.90. The van der Waals surface area contributed by atoms with Crippen molar-refractivity contribution < 1.29 is 9.18 Å². The predicted molar refractivity (Wildman–Crippen MR) is 96.1 cm³/mol. The van der Waals surface area contributed by atoms with Gasteiger partial charge in [0.1, 0.15) is 11.6 Å². The Morgan fingerprint density at radius 1 is 1.12 bits per heavy atom. The number of amides is 1. The van der Waals surface area contributed by atoms with Gasteiger partial charge in [0.05, 0.1) is 29.4 Å². The van der Waals surface area contributed by atoms with Crippen molar-refractivity contribution >= 4 is 22.6 Å². The maximum atomic E-state index is 13.0. The molecule has 1 amide bonds. The fourth-order valence-electron chi connectivity index (χ4n) is 2.62. The van der Waals surface area contributed by atoms with Crippen LogP contribution < -0.4 is 5.32 Å². The minimum atomic E-state index is -0.391. The smallest absolute Gasteiger partial charge is 0.256 e. The van der Waals surface area contributed by atoms with Gasteiger partial charge >= 0.3 is 0 Å². The number of imidazole rings is 1. The molecule has 6 nitrogen and oxygen atoms in total. The molecule has 0 bridgehead atoms. The first kappa shape index (κ1) is 15.9. The van der Waals surface area contributed by atoms with E-state index in [1.54, 1.807) is 24.8 Å². The number of aryl methyl sites for hydroxylation is 1. The summed E-state index contributed by atoms with van der Waals surface area (Å²) in [6.07, 6.45) is 5.10. The first-order chi connectivity index (χ1) is 12.6. The molecule has 7 heteroatoms. The highest BCUT2D eigenvalue weighted by Gasteiger charge is 2.09. The summed E-state index contributed by atoms with van der Waals surface area (Å²) < 4.78 is 14.9. The number of fused-ring (bicyclic) bond motifs is 1. The van der Waals surface area contributed by atoms with E-state index in [1.807, 2.05) is 23.7 Å². The molecule has 0 aliphatic rings. The number of benzene rings is 1. The van der Waals surface area contributed by atoms with Crippen LogP contribution in [0.1, 0.15) is 10.4 Å². The number of halogens is 1. The van der Waals surface area contributed by atoms with E-state index in [2.05, 4.69) is 20.3 Å². The zero-order chi connectivity index (χ0) is 18.1. The van der Waals surface area contributed by atoms with Crippen LogP contribution in [0.15, 0.2) is 61.2 Å². The number of nitrogens with zero attached hydrogens (tertiary/aromatic N) is 4. The second-order valence-electron chi connectivity index (χ2n) is 5.81. The van der Waals surface area contributed by atoms with Gasteiger partial charge in [-0.15, -0.1) is 0 Å². The van der Waals surface area contributed by atoms with E-state index < -0.39 is 5.82 Å². The molecule has 0 unspecified atom stereocenters. The molecule has 0 saturated heterocycles. The zero-order valence-electron chi connectivity index (χ0n) is 13.8. The third kappa shape index (κ3) is 3.02. The van der Waals surface area contributed by atoms with Crippen LogP contribution in [0.2, 0.25) is 0 Å². The van der Waals surface area contributed by atoms with Crippen molar-refractivity contribution in [3.63, 3.8) is 0 Å². The third-order valence-corrected chi connectivity index (χ3v) is 4.00. The Bertz CT molecular complexity index is 1100. The van der Waals surface area contributed by atoms with Crippen molar-refractivity contribution in [1.29, 1.82) is 0 Å². The van der Waals surface area contributed by atoms with Gasteiger partial charge in [0, 0.05) is 30.3 Å². The minimum absolute atomic E-state index is 0.352. The molecule has 1 N–H and O–H groups in total. The largest absolute Gasteiger partial charge is 0.332 e. The molecule has 0 spiro atoms. The molecule has 0 aliphatic heterocycles. The van der Waals surface area contributed by atoms with Crippen molar-refractivity contribution in [2.24, 2.45) is 7.05 Å². The van der Waals surface area contributed by atoms with Gasteiger partial charge in [0.25, 0.3) is 5.91 Å². The summed E-state index contributed by atoms with van der Waals surface area (Å²) in [5.74, 6) is -0.376. The van der Waals surface area contributed by atoms with Crippen LogP contribution in [0.5, 0.6) is 0 Å². The number of hydrogen-bond acceptors (Lipinski definition) is 4. The summed E-state index contributed by atoms with van der Waals surface area (Å²) in [6.45, 7) is 0. The maximum absolute atomic E-state index is 13.0. The molecule has 3 aromatic heterocycles. The predicted octanol–water partition coefficient (Wildman–Crippen LogP) is 3.42. The standard InChI is InChI=1S/C19H14FN5O/c1-25-11-21-10-17(25)15-7-4-13-9-22-18(8-16(13)23-15)24-19(26)12-2-5-14(20)6-3-12/h2-11H,1H3,(H,22,24,26). The Balaban J connectivity index is 1.65. The molecule has 26 heavy (non-hydrogen) atoms. The van der Waals surface area contributed by atoms with Gasteiger partial charge in [-0.2, -0.15) is 0 Å². The molecule has 1 aromatic carbocycles. The van der Waals surface area contributed by atoms with Crippen LogP contribution in [0, 0.1) is 5.82 Å². The highest BCUT2D eigenvalue weighted by molar-refractivity contribution is 6.04. The number of nitrogens with one attached hydrogen (secondary N) is 1. The van der Waals surface area contributed by atoms with E-state index in [9.17, 15) is 9.18 Å². The van der Waals surface area contributed by atoms with Gasteiger partial charge < -0.3 is 9.88 Å². The van der Waals surface area contributed by atoms with Crippen LogP contribution in [0.4, 0.5) is 10.2 Å². The van der Waals surface area contributed by atoms with Gasteiger partial charge in [0.15, 0.2) is 0 Å². The van der Waals surface area contributed by atoms with E-state index in [0.29, 0.717) is 16.9 Å². The SMILES string of the molecule is Cn1cncc1-c1ccc2cnc(NC(=O)c3ccc(F)cc3)cc2n1. The van der Waals surface area contributed by atoms with Crippen molar-refractivity contribution in [3.05, 3.63) is 72.6 Å². The van der Waals surface area contributed by atoms with Crippen molar-refractivity contribution in [3.8, 4) is 11.4 Å². The molecule has 4 aromatic rings. The van der Waals surface area contributed by atoms with E-state index in [4.69, 9.17) is 0 Å². The number of carbonyl (C=O) groups is 1. The molecule has 3 heterocycles. The summed E-state index contributed by atoms with van der Waals surface area (Å²) in [5.41, 5.74) is 2.72. The molecule has 128 valence electrons. The monoisotopic (exact) mass is 347 g/mol. The van der Waals surface area contributed by atoms with Gasteiger partial charge in [0.2, 0.25) is 0 Å². The molecule has 0 atom stereocenters. The van der Waals surface area contributed by atoms with Crippen molar-refractivity contribution in [2.45, 2.75) is 0 Å². The number of aromatic nitrogens is 4. The highest BCUT2D eigenvalue weighted by atomic mass is 19.1. The fourth-order valence-corrected chi connectivity index (χ4v) is 2.62. The Morgan fingerprint density at radius 3 is 2.65 bits per heavy atom. The van der Waals surface area contributed by atoms with Crippen molar-refractivity contribution in [1.82, 2.24) is 19.5 Å². The lowest BCUT2D eigenvalue weighted by Crippen LogP contribution is -2.12. The maximum Gasteiger partial charge on any atom is 0.256 e. The lowest BCUT2D eigenvalue weighted by molar-refractivity contribution is 0.102. The fraction of sp³-hybridized carbons (Fsp3) is 0.0526. The highest BCUT2D eigenvalue weighted by Crippen LogP contribution is 2.21. The second kappa shape index (κ2) is 6.36. The van der Waals surface area contributed by atoms with Crippen LogP contribution >= 0.6 is 0 Å². The van der Waals surface area contributed by atoms with Crippen LogP contribution in [-0.4, -0.2) is 25.4 Å². The Labute approximate surface area is 148 Å². The number of carbonyl (C=O) groups excluding carboxylic acids is 1. The lowest BCUT2D eigenvalue weighted by Gasteiger charge is -2.07. The van der Waals surface area contributed by atoms with E-state index in [0.717, 1.165) is 16.8 Å². The number of anilines is 1. The molecule has 0 fully saturated rings. The normalized spacial score (nSPS) is 10.8. The zero-order valence-corrected chi connectivity index (χ0v) is 13.8. The van der Waals surface area contributed by atoms with E-state index in [-0.39, 0.29) is 5.91 Å². The van der Waals surface area contributed by atoms with Gasteiger partial charge in [-0.25, -0.2) is 19.3 Å². The quantitative estimate of drug-likeness (QED) is 0.616. The van der Waals surface area contributed by atoms with E-state index in [1.165, 1.54) is 24.3 Å². The first-order valence-electron chi connectivity index (χ1n) is 7.90. The number of hydrogen-bond donors (Lipinski definition) is 1. The average molecular weight is 347 g/mol. The number of pyridine rings is 2. The second-order valence-corrected chi connectivity index (χ2v) is 5.81. The van der Waals surface area contributed by atoms with Gasteiger partial charge in [-0.3, -0.25) is 4.79 Å². The topological polar surface area (TPSA) is 72.7 Å². The summed E-state index contributed by atoms with van der Waals surface area (Å²) >= 11 is 0. The van der Waals surface area contributed by atoms with Gasteiger partial charge in [-0.1, -0.05) is 0 Å². The van der Waals surface area contributed by atoms with Crippen LogP contribution in [0.25, 0.3) is 22.3 Å². The lowest BCUT2D eigenvalue weighted by atomic mass is 10.2. The molecule has 0 aliphatic carbocycles. The average Bonchev–Trinajstić information content (AvgIpc) is 3.07. The molecular formula is C19H14FN5O. The Hall–Kier alpha value is -3.61. The van der Waals surface area contributed by atoms with E-state index >= 15 is 0 Å². The summed E-state index contributed by atoms with van der Waals surface area (Å²) in [5, 5.41) is 3.56. The minimum Gasteiger partial charge on any atom is -0.332 e. The summed E-state index contributed by atoms with van der Waals surface area (Å²) in [6, 6.07) is 10.8. The van der Waals surface area contributed by atoms with Crippen molar-refractivity contribution in [2.75, 3.05) is 5.32 Å². The molecule has 0 saturated carbocycles. The van der Waals surface area contributed by atoms with Gasteiger partial charge in [-0.05, 0) is 36.4 Å². The third-order valence-electron chi connectivity index (χ3n) is 4.00. The Kier molecular flexibility index (Phi) is 3.89. The first-order valence-corrected chi connectivity index (χ1v) is 7.90.